The molecule has 2 unspecified atom stereocenters. The Hall–Kier alpha value is -4.36. The van der Waals surface area contributed by atoms with Gasteiger partial charge in [-0.25, -0.2) is 4.39 Å². The van der Waals surface area contributed by atoms with E-state index in [1.54, 1.807) is 0 Å². The molecular weight excluding hydrogens is 544 g/mol. The van der Waals surface area contributed by atoms with E-state index in [0.29, 0.717) is 18.2 Å². The Labute approximate surface area is 213 Å². The minimum atomic E-state index is -6.48. The normalized spacial score (nSPS) is 25.8. The second kappa shape index (κ2) is 7.83. The number of fused-ring (bicyclic) bond motifs is 3. The van der Waals surface area contributed by atoms with Crippen LogP contribution in [-0.2, 0) is 5.67 Å². The summed E-state index contributed by atoms with van der Waals surface area (Å²) in [5.41, 5.74) is 1.57. The molecule has 0 bridgehead atoms. The fourth-order valence-electron chi connectivity index (χ4n) is 4.47. The Morgan fingerprint density at radius 2 is 1.15 bits per heavy atom. The van der Waals surface area contributed by atoms with Gasteiger partial charge in [-0.2, -0.15) is 30.7 Å². The second-order valence-electron chi connectivity index (χ2n) is 8.93. The fraction of sp³-hybridized carbons (Fsp3) is 0.200. The van der Waals surface area contributed by atoms with Crippen molar-refractivity contribution in [3.05, 3.63) is 71.3 Å². The Kier molecular flexibility index (Phi) is 5.27. The highest BCUT2D eigenvalue weighted by Gasteiger charge is 2.94. The highest BCUT2D eigenvalue weighted by atomic mass is 19.3. The van der Waals surface area contributed by atoms with E-state index >= 15 is 17.6 Å². The SMILES string of the molecule is Nc1ccc(Oc2ccc3c(c2)C2(F)C(=C3)C(F)(F)C(F)(F)C(F)(F)C2(F)Oc2ccc(N)c(O)c2)cc1O. The van der Waals surface area contributed by atoms with Gasteiger partial charge in [-0.05, 0) is 48.0 Å². The van der Waals surface area contributed by atoms with Gasteiger partial charge in [0.05, 0.1) is 16.9 Å². The molecule has 0 radical (unpaired) electrons. The number of nitrogens with two attached hydrogens (primary N) is 2. The molecule has 206 valence electrons. The third kappa shape index (κ3) is 3.26. The standard InChI is InChI=1S/C25H16F8N2O4/c26-21-15-8-12(38-13-3-5-16(34)18(36)9-13)2-1-11(15)7-20(21)22(27,28)23(29,30)24(31,32)25(21,33)39-14-4-6-17(35)19(37)10-14/h1-10,36-37H,34-35H2. The number of phenolic OH excluding ortho intramolecular Hbond substituents is 2. The van der Waals surface area contributed by atoms with Gasteiger partial charge in [0.1, 0.15) is 28.7 Å². The zero-order valence-corrected chi connectivity index (χ0v) is 19.2. The first-order valence-corrected chi connectivity index (χ1v) is 10.9. The molecule has 2 atom stereocenters. The lowest BCUT2D eigenvalue weighted by molar-refractivity contribution is -0.416. The molecule has 0 amide bonds. The van der Waals surface area contributed by atoms with Crippen LogP contribution in [0.4, 0.5) is 46.5 Å². The number of rotatable bonds is 4. The van der Waals surface area contributed by atoms with Gasteiger partial charge in [0.25, 0.3) is 0 Å². The molecule has 6 nitrogen and oxygen atoms in total. The van der Waals surface area contributed by atoms with Crippen LogP contribution in [0.3, 0.4) is 0 Å². The lowest BCUT2D eigenvalue weighted by Gasteiger charge is -2.51. The molecule has 0 spiro atoms. The molecule has 6 N–H and O–H groups in total. The third-order valence-corrected chi connectivity index (χ3v) is 6.54. The maximum absolute atomic E-state index is 16.8. The highest BCUT2D eigenvalue weighted by Crippen LogP contribution is 2.71. The zero-order valence-electron chi connectivity index (χ0n) is 19.2. The second-order valence-corrected chi connectivity index (χ2v) is 8.93. The van der Waals surface area contributed by atoms with E-state index in [0.717, 1.165) is 24.3 Å². The molecule has 1 fully saturated rings. The molecule has 5 rings (SSSR count). The predicted octanol–water partition coefficient (Wildman–Crippen LogP) is 6.28. The summed E-state index contributed by atoms with van der Waals surface area (Å²) < 4.78 is 132. The summed E-state index contributed by atoms with van der Waals surface area (Å²) in [7, 11) is 0. The van der Waals surface area contributed by atoms with Crippen LogP contribution < -0.4 is 20.9 Å². The minimum absolute atomic E-state index is 0.0477. The van der Waals surface area contributed by atoms with Gasteiger partial charge in [-0.1, -0.05) is 6.07 Å². The van der Waals surface area contributed by atoms with Crippen LogP contribution in [0.1, 0.15) is 11.1 Å². The summed E-state index contributed by atoms with van der Waals surface area (Å²) in [4.78, 5) is 0. The predicted molar refractivity (Wildman–Crippen MR) is 122 cm³/mol. The number of hydrogen-bond acceptors (Lipinski definition) is 6. The van der Waals surface area contributed by atoms with E-state index in [-0.39, 0.29) is 23.2 Å². The van der Waals surface area contributed by atoms with Crippen molar-refractivity contribution >= 4 is 17.5 Å². The third-order valence-electron chi connectivity index (χ3n) is 6.54. The number of halogens is 8. The van der Waals surface area contributed by atoms with Crippen LogP contribution in [0.15, 0.2) is 60.2 Å². The number of aromatic hydroxyl groups is 2. The number of hydrogen-bond donors (Lipinski definition) is 4. The first-order chi connectivity index (χ1) is 18.0. The summed E-state index contributed by atoms with van der Waals surface area (Å²) in [5, 5.41) is 19.5. The van der Waals surface area contributed by atoms with Crippen molar-refractivity contribution in [2.75, 3.05) is 11.5 Å². The first kappa shape index (κ1) is 26.3. The molecule has 1 saturated carbocycles. The van der Waals surface area contributed by atoms with Crippen LogP contribution in [0.25, 0.3) is 6.08 Å². The molecule has 2 aliphatic carbocycles. The first-order valence-electron chi connectivity index (χ1n) is 10.9. The molecule has 0 saturated heterocycles. The maximum atomic E-state index is 16.8. The van der Waals surface area contributed by atoms with E-state index in [1.807, 2.05) is 0 Å². The zero-order chi connectivity index (χ0) is 28.8. The molecule has 14 heteroatoms. The lowest BCUT2D eigenvalue weighted by atomic mass is 9.70. The molecule has 0 aliphatic heterocycles. The van der Waals surface area contributed by atoms with Crippen molar-refractivity contribution in [2.24, 2.45) is 0 Å². The lowest BCUT2D eigenvalue weighted by Crippen LogP contribution is -2.77. The Morgan fingerprint density at radius 3 is 1.74 bits per heavy atom. The summed E-state index contributed by atoms with van der Waals surface area (Å²) in [6.07, 6.45) is 0.134. The Morgan fingerprint density at radius 1 is 0.641 bits per heavy atom. The van der Waals surface area contributed by atoms with Gasteiger partial charge >= 0.3 is 23.6 Å². The molecule has 39 heavy (non-hydrogen) atoms. The monoisotopic (exact) mass is 560 g/mol. The van der Waals surface area contributed by atoms with E-state index in [9.17, 15) is 27.8 Å². The van der Waals surface area contributed by atoms with E-state index in [2.05, 4.69) is 4.74 Å². The van der Waals surface area contributed by atoms with Crippen LogP contribution in [0, 0.1) is 0 Å². The van der Waals surface area contributed by atoms with Gasteiger partial charge in [0, 0.05) is 17.7 Å². The number of anilines is 2. The molecule has 0 aromatic heterocycles. The van der Waals surface area contributed by atoms with Gasteiger partial charge in [-0.3, -0.25) is 0 Å². The molecule has 3 aromatic carbocycles. The van der Waals surface area contributed by atoms with Crippen molar-refractivity contribution < 1.29 is 54.8 Å². The highest BCUT2D eigenvalue weighted by molar-refractivity contribution is 5.74. The molecule has 3 aromatic rings. The van der Waals surface area contributed by atoms with Crippen molar-refractivity contribution in [1.29, 1.82) is 0 Å². The smallest absolute Gasteiger partial charge is 0.388 e. The largest absolute Gasteiger partial charge is 0.506 e. The number of phenols is 2. The summed E-state index contributed by atoms with van der Waals surface area (Å²) in [6, 6.07) is 7.78. The van der Waals surface area contributed by atoms with Crippen molar-refractivity contribution in [2.45, 2.75) is 29.3 Å². The number of alkyl halides is 8. The number of ether oxygens (including phenoxy) is 2. The topological polar surface area (TPSA) is 111 Å². The molecule has 2 aliphatic rings. The van der Waals surface area contributed by atoms with Crippen molar-refractivity contribution in [1.82, 2.24) is 0 Å². The van der Waals surface area contributed by atoms with Gasteiger partial charge in [0.15, 0.2) is 0 Å². The summed E-state index contributed by atoms with van der Waals surface area (Å²) in [5.74, 6) is -27.3. The quantitative estimate of drug-likeness (QED) is 0.170. The fourth-order valence-corrected chi connectivity index (χ4v) is 4.47. The van der Waals surface area contributed by atoms with Crippen LogP contribution >= 0.6 is 0 Å². The van der Waals surface area contributed by atoms with E-state index in [1.165, 1.54) is 12.1 Å². The van der Waals surface area contributed by atoms with Crippen LogP contribution in [0.5, 0.6) is 28.7 Å². The number of nitrogen functional groups attached to an aromatic ring is 2. The molecular formula is C25H16F8N2O4. The van der Waals surface area contributed by atoms with E-state index in [4.69, 9.17) is 16.2 Å². The molecule has 0 heterocycles. The van der Waals surface area contributed by atoms with Gasteiger partial charge < -0.3 is 31.2 Å². The minimum Gasteiger partial charge on any atom is -0.506 e. The Balaban J connectivity index is 1.70. The van der Waals surface area contributed by atoms with Crippen molar-refractivity contribution in [3.8, 4) is 28.7 Å². The van der Waals surface area contributed by atoms with Gasteiger partial charge in [0.2, 0.25) is 5.67 Å². The Bertz CT molecular complexity index is 1550. The average molecular weight is 560 g/mol. The summed E-state index contributed by atoms with van der Waals surface area (Å²) >= 11 is 0. The summed E-state index contributed by atoms with van der Waals surface area (Å²) in [6.45, 7) is 0. The van der Waals surface area contributed by atoms with Crippen molar-refractivity contribution in [3.63, 3.8) is 0 Å². The van der Waals surface area contributed by atoms with Crippen LogP contribution in [0.2, 0.25) is 0 Å². The van der Waals surface area contributed by atoms with E-state index < -0.39 is 69.0 Å². The van der Waals surface area contributed by atoms with Crippen LogP contribution in [-0.4, -0.2) is 33.8 Å². The average Bonchev–Trinajstić information content (AvgIpc) is 3.17. The van der Waals surface area contributed by atoms with Gasteiger partial charge in [-0.15, -0.1) is 0 Å². The number of benzene rings is 3. The maximum Gasteiger partial charge on any atom is 0.388 e.